The second kappa shape index (κ2) is 6.96. The first-order valence-corrected chi connectivity index (χ1v) is 8.29. The van der Waals surface area contributed by atoms with E-state index >= 15 is 0 Å². The summed E-state index contributed by atoms with van der Waals surface area (Å²) < 4.78 is 16.2. The number of unbranched alkanes of at least 4 members (excludes halogenated alkanes) is 2. The molecule has 0 radical (unpaired) electrons. The van der Waals surface area contributed by atoms with Crippen molar-refractivity contribution in [3.05, 3.63) is 46.4 Å². The fraction of sp³-hybridized carbons (Fsp3) is 0.333. The highest BCUT2D eigenvalue weighted by molar-refractivity contribution is 5.83. The predicted molar refractivity (Wildman–Crippen MR) is 95.7 cm³/mol. The highest BCUT2D eigenvalue weighted by Gasteiger charge is 2.15. The maximum atomic E-state index is 14.7. The van der Waals surface area contributed by atoms with E-state index in [-0.39, 0.29) is 22.5 Å². The Balaban J connectivity index is 2.10. The Morgan fingerprint density at radius 3 is 2.80 bits per heavy atom. The van der Waals surface area contributed by atoms with Gasteiger partial charge in [-0.15, -0.1) is 0 Å². The van der Waals surface area contributed by atoms with Gasteiger partial charge in [0.25, 0.3) is 5.56 Å². The van der Waals surface area contributed by atoms with Crippen LogP contribution in [-0.4, -0.2) is 19.5 Å². The van der Waals surface area contributed by atoms with Crippen LogP contribution in [0.2, 0.25) is 0 Å². The fourth-order valence-corrected chi connectivity index (χ4v) is 2.78. The van der Waals surface area contributed by atoms with Gasteiger partial charge in [-0.2, -0.15) is 0 Å². The predicted octanol–water partition coefficient (Wildman–Crippen LogP) is 3.07. The molecule has 0 saturated heterocycles. The number of benzene rings is 1. The van der Waals surface area contributed by atoms with E-state index in [4.69, 9.17) is 5.73 Å². The third-order valence-electron chi connectivity index (χ3n) is 4.16. The van der Waals surface area contributed by atoms with Crippen LogP contribution < -0.4 is 11.3 Å². The van der Waals surface area contributed by atoms with Crippen LogP contribution in [0, 0.1) is 12.7 Å². The smallest absolute Gasteiger partial charge is 0.261 e. The van der Waals surface area contributed by atoms with Gasteiger partial charge in [-0.05, 0) is 31.0 Å². The van der Waals surface area contributed by atoms with Gasteiger partial charge in [-0.25, -0.2) is 19.3 Å². The lowest BCUT2D eigenvalue weighted by atomic mass is 10.1. The lowest BCUT2D eigenvalue weighted by Gasteiger charge is -2.10. The number of nitrogen functional groups attached to an aromatic ring is 1. The minimum Gasteiger partial charge on any atom is -0.368 e. The minimum absolute atomic E-state index is 0.0689. The van der Waals surface area contributed by atoms with Crippen LogP contribution >= 0.6 is 0 Å². The lowest BCUT2D eigenvalue weighted by molar-refractivity contribution is 0.583. The van der Waals surface area contributed by atoms with E-state index in [9.17, 15) is 9.18 Å². The number of aryl methyl sites for hydroxylation is 2. The van der Waals surface area contributed by atoms with Crippen molar-refractivity contribution in [2.45, 2.75) is 39.7 Å². The maximum absolute atomic E-state index is 14.7. The van der Waals surface area contributed by atoms with Crippen LogP contribution in [0.15, 0.2) is 29.5 Å². The van der Waals surface area contributed by atoms with Crippen molar-refractivity contribution in [2.24, 2.45) is 0 Å². The van der Waals surface area contributed by atoms with Crippen LogP contribution in [0.4, 0.5) is 10.3 Å². The summed E-state index contributed by atoms with van der Waals surface area (Å²) in [4.78, 5) is 24.9. The topological polar surface area (TPSA) is 86.7 Å². The summed E-state index contributed by atoms with van der Waals surface area (Å²) in [5.41, 5.74) is 7.18. The number of rotatable bonds is 5. The number of fused-ring (bicyclic) bond motifs is 1. The second-order valence-corrected chi connectivity index (χ2v) is 6.06. The first-order chi connectivity index (χ1) is 12.0. The first kappa shape index (κ1) is 17.0. The zero-order chi connectivity index (χ0) is 18.0. The molecule has 2 aromatic heterocycles. The molecule has 0 bridgehead atoms. The molecule has 3 rings (SSSR count). The van der Waals surface area contributed by atoms with Gasteiger partial charge in [0.2, 0.25) is 5.95 Å². The average molecular weight is 341 g/mol. The molecule has 1 aromatic carbocycles. The molecule has 0 aliphatic heterocycles. The molecule has 0 spiro atoms. The highest BCUT2D eigenvalue weighted by Crippen LogP contribution is 2.27. The summed E-state index contributed by atoms with van der Waals surface area (Å²) in [7, 11) is 0. The van der Waals surface area contributed by atoms with Gasteiger partial charge in [-0.3, -0.25) is 9.36 Å². The average Bonchev–Trinajstić information content (AvgIpc) is 2.59. The molecule has 130 valence electrons. The van der Waals surface area contributed by atoms with Crippen molar-refractivity contribution in [1.82, 2.24) is 19.5 Å². The fourth-order valence-electron chi connectivity index (χ4n) is 2.78. The van der Waals surface area contributed by atoms with E-state index in [1.165, 1.54) is 23.0 Å². The lowest BCUT2D eigenvalue weighted by Crippen LogP contribution is -2.21. The Morgan fingerprint density at radius 1 is 1.24 bits per heavy atom. The number of halogens is 1. The molecule has 0 fully saturated rings. The molecule has 2 N–H and O–H groups in total. The number of nitrogens with two attached hydrogens (primary N) is 1. The number of hydrogen-bond acceptors (Lipinski definition) is 5. The normalized spacial score (nSPS) is 11.2. The summed E-state index contributed by atoms with van der Waals surface area (Å²) in [5, 5.41) is 0.264. The van der Waals surface area contributed by atoms with Crippen molar-refractivity contribution in [1.29, 1.82) is 0 Å². The molecule has 0 atom stereocenters. The van der Waals surface area contributed by atoms with E-state index in [1.54, 1.807) is 13.1 Å². The Hall–Kier alpha value is -2.83. The molecule has 0 aliphatic rings. The summed E-state index contributed by atoms with van der Waals surface area (Å²) in [5.74, 6) is -0.460. The van der Waals surface area contributed by atoms with Crippen molar-refractivity contribution in [3.63, 3.8) is 0 Å². The molecule has 7 heteroatoms. The summed E-state index contributed by atoms with van der Waals surface area (Å²) >= 11 is 0. The minimum atomic E-state index is -0.529. The Kier molecular flexibility index (Phi) is 4.74. The summed E-state index contributed by atoms with van der Waals surface area (Å²) in [6.07, 6.45) is 6.05. The van der Waals surface area contributed by atoms with E-state index in [0.717, 1.165) is 19.3 Å². The third-order valence-corrected chi connectivity index (χ3v) is 4.16. The van der Waals surface area contributed by atoms with Crippen molar-refractivity contribution in [2.75, 3.05) is 5.73 Å². The molecule has 2 heterocycles. The Bertz CT molecular complexity index is 983. The molecule has 0 saturated carbocycles. The standard InChI is InChI=1S/C18H20FN5O/c1-3-4-5-6-24-10-22-15-8-12(14(19)7-13(15)17(24)25)16-11(2)9-21-18(20)23-16/h7-10H,3-6H2,1-2H3,(H2,20,21,23). The summed E-state index contributed by atoms with van der Waals surface area (Å²) in [6, 6.07) is 2.77. The molecule has 0 amide bonds. The van der Waals surface area contributed by atoms with Gasteiger partial charge in [0.05, 0.1) is 22.9 Å². The van der Waals surface area contributed by atoms with Gasteiger partial charge in [0.1, 0.15) is 5.82 Å². The molecule has 25 heavy (non-hydrogen) atoms. The Morgan fingerprint density at radius 2 is 2.04 bits per heavy atom. The third kappa shape index (κ3) is 3.35. The van der Waals surface area contributed by atoms with Crippen LogP contribution in [-0.2, 0) is 6.54 Å². The monoisotopic (exact) mass is 341 g/mol. The number of nitrogens with zero attached hydrogens (tertiary/aromatic N) is 4. The first-order valence-electron chi connectivity index (χ1n) is 8.29. The van der Waals surface area contributed by atoms with Crippen molar-refractivity contribution >= 4 is 16.9 Å². The van der Waals surface area contributed by atoms with Crippen LogP contribution in [0.5, 0.6) is 0 Å². The molecule has 3 aromatic rings. The van der Waals surface area contributed by atoms with Crippen molar-refractivity contribution < 1.29 is 4.39 Å². The van der Waals surface area contributed by atoms with Crippen molar-refractivity contribution in [3.8, 4) is 11.3 Å². The van der Waals surface area contributed by atoms with E-state index in [1.807, 2.05) is 0 Å². The van der Waals surface area contributed by atoms with E-state index < -0.39 is 5.82 Å². The van der Waals surface area contributed by atoms with Crippen LogP contribution in [0.25, 0.3) is 22.2 Å². The van der Waals surface area contributed by atoms with Gasteiger partial charge >= 0.3 is 0 Å². The van der Waals surface area contributed by atoms with E-state index in [0.29, 0.717) is 23.3 Å². The van der Waals surface area contributed by atoms with Gasteiger partial charge in [0, 0.05) is 18.3 Å². The van der Waals surface area contributed by atoms with Gasteiger partial charge in [0.15, 0.2) is 0 Å². The van der Waals surface area contributed by atoms with E-state index in [2.05, 4.69) is 21.9 Å². The van der Waals surface area contributed by atoms with Gasteiger partial charge in [-0.1, -0.05) is 19.8 Å². The van der Waals surface area contributed by atoms with Gasteiger partial charge < -0.3 is 5.73 Å². The van der Waals surface area contributed by atoms with Crippen LogP contribution in [0.1, 0.15) is 31.7 Å². The Labute approximate surface area is 144 Å². The largest absolute Gasteiger partial charge is 0.368 e. The quantitative estimate of drug-likeness (QED) is 0.721. The number of aromatic nitrogens is 4. The number of anilines is 1. The van der Waals surface area contributed by atoms with Crippen LogP contribution in [0.3, 0.4) is 0 Å². The zero-order valence-corrected chi connectivity index (χ0v) is 14.3. The summed E-state index contributed by atoms with van der Waals surface area (Å²) in [6.45, 7) is 4.46. The SMILES string of the molecule is CCCCCn1cnc2cc(-c3nc(N)ncc3C)c(F)cc2c1=O. The number of hydrogen-bond donors (Lipinski definition) is 1. The maximum Gasteiger partial charge on any atom is 0.261 e. The highest BCUT2D eigenvalue weighted by atomic mass is 19.1. The second-order valence-electron chi connectivity index (χ2n) is 6.06. The molecular weight excluding hydrogens is 321 g/mol. The molecule has 0 aliphatic carbocycles. The molecule has 6 nitrogen and oxygen atoms in total. The zero-order valence-electron chi connectivity index (χ0n) is 14.3. The molecular formula is C18H20FN5O. The molecule has 0 unspecified atom stereocenters.